The third-order valence-electron chi connectivity index (χ3n) is 3.28. The molecular weight excluding hydrogens is 214 g/mol. The van der Waals surface area contributed by atoms with Gasteiger partial charge in [-0.25, -0.2) is 0 Å². The first-order valence-corrected chi connectivity index (χ1v) is 6.00. The van der Waals surface area contributed by atoms with Crippen LogP contribution in [0.5, 0.6) is 0 Å². The van der Waals surface area contributed by atoms with Crippen molar-refractivity contribution in [2.45, 2.75) is 25.3 Å². The molecule has 1 aliphatic rings. The van der Waals surface area contributed by atoms with E-state index in [0.717, 1.165) is 18.8 Å². The van der Waals surface area contributed by atoms with Crippen LogP contribution < -0.4 is 5.32 Å². The van der Waals surface area contributed by atoms with Gasteiger partial charge in [0, 0.05) is 19.0 Å². The molecule has 4 heteroatoms. The van der Waals surface area contributed by atoms with E-state index in [2.05, 4.69) is 39.7 Å². The van der Waals surface area contributed by atoms with E-state index in [-0.39, 0.29) is 0 Å². The number of hydrogen-bond donors (Lipinski definition) is 1. The maximum Gasteiger partial charge on any atom is 0.213 e. The van der Waals surface area contributed by atoms with E-state index in [4.69, 9.17) is 4.52 Å². The first kappa shape index (κ1) is 10.5. The van der Waals surface area contributed by atoms with Gasteiger partial charge in [-0.05, 0) is 24.0 Å². The third kappa shape index (κ3) is 2.22. The van der Waals surface area contributed by atoms with Gasteiger partial charge in [0.05, 0.1) is 0 Å². The van der Waals surface area contributed by atoms with Crippen LogP contribution in [0.1, 0.15) is 29.4 Å². The Balaban J connectivity index is 1.57. The predicted molar refractivity (Wildman–Crippen MR) is 63.5 cm³/mol. The van der Waals surface area contributed by atoms with Crippen LogP contribution in [0.25, 0.3) is 0 Å². The van der Waals surface area contributed by atoms with Crippen molar-refractivity contribution in [3.05, 3.63) is 47.6 Å². The molecule has 0 radical (unpaired) electrons. The standard InChI is InChI=1S/C13H15N3O/c1-2-4-11-10(3-1)5-6-12(11)14-8-7-13-15-9-17-16-13/h1-4,9,12,14H,5-8H2. The molecule has 1 aromatic heterocycles. The summed E-state index contributed by atoms with van der Waals surface area (Å²) in [6.07, 6.45) is 4.55. The lowest BCUT2D eigenvalue weighted by atomic mass is 10.1. The summed E-state index contributed by atoms with van der Waals surface area (Å²) in [6, 6.07) is 9.14. The van der Waals surface area contributed by atoms with Crippen LogP contribution in [0, 0.1) is 0 Å². The Bertz CT molecular complexity index is 481. The highest BCUT2D eigenvalue weighted by atomic mass is 16.5. The van der Waals surface area contributed by atoms with Crippen LogP contribution in [0.3, 0.4) is 0 Å². The Hall–Kier alpha value is -1.68. The molecule has 0 saturated heterocycles. The van der Waals surface area contributed by atoms with Gasteiger partial charge < -0.3 is 9.84 Å². The van der Waals surface area contributed by atoms with E-state index in [1.807, 2.05) is 0 Å². The molecule has 0 aliphatic heterocycles. The van der Waals surface area contributed by atoms with E-state index in [0.29, 0.717) is 6.04 Å². The number of nitrogens with one attached hydrogen (secondary N) is 1. The number of fused-ring (bicyclic) bond motifs is 1. The van der Waals surface area contributed by atoms with E-state index in [9.17, 15) is 0 Å². The predicted octanol–water partition coefficient (Wildman–Crippen LogP) is 1.89. The minimum atomic E-state index is 0.484. The van der Waals surface area contributed by atoms with Crippen molar-refractivity contribution < 1.29 is 4.52 Å². The summed E-state index contributed by atoms with van der Waals surface area (Å²) in [5, 5.41) is 7.35. The van der Waals surface area contributed by atoms with Crippen molar-refractivity contribution in [2.75, 3.05) is 6.54 Å². The molecule has 1 heterocycles. The second kappa shape index (κ2) is 4.67. The van der Waals surface area contributed by atoms with Crippen molar-refractivity contribution in [3.63, 3.8) is 0 Å². The molecule has 1 unspecified atom stereocenters. The van der Waals surface area contributed by atoms with Gasteiger partial charge in [-0.1, -0.05) is 29.4 Å². The maximum absolute atomic E-state index is 4.70. The maximum atomic E-state index is 4.70. The molecule has 88 valence electrons. The Labute approximate surface area is 100 Å². The Kier molecular flexibility index (Phi) is 2.88. The minimum Gasteiger partial charge on any atom is -0.343 e. The molecule has 2 aromatic rings. The number of benzene rings is 1. The molecule has 3 rings (SSSR count). The fraction of sp³-hybridized carbons (Fsp3) is 0.385. The molecule has 1 aromatic carbocycles. The summed E-state index contributed by atoms with van der Waals surface area (Å²) in [5.41, 5.74) is 2.92. The van der Waals surface area contributed by atoms with Crippen LogP contribution in [-0.2, 0) is 12.8 Å². The van der Waals surface area contributed by atoms with Gasteiger partial charge in [-0.15, -0.1) is 0 Å². The van der Waals surface area contributed by atoms with Gasteiger partial charge in [0.1, 0.15) is 0 Å². The zero-order valence-corrected chi connectivity index (χ0v) is 9.60. The normalized spacial score (nSPS) is 18.2. The molecule has 1 N–H and O–H groups in total. The van der Waals surface area contributed by atoms with Crippen LogP contribution >= 0.6 is 0 Å². The Morgan fingerprint density at radius 2 is 2.29 bits per heavy atom. The molecule has 17 heavy (non-hydrogen) atoms. The summed E-state index contributed by atoms with van der Waals surface area (Å²) >= 11 is 0. The first-order chi connectivity index (χ1) is 8.43. The summed E-state index contributed by atoms with van der Waals surface area (Å²) in [7, 11) is 0. The van der Waals surface area contributed by atoms with Gasteiger partial charge in [-0.3, -0.25) is 0 Å². The highest BCUT2D eigenvalue weighted by molar-refractivity contribution is 5.34. The molecule has 0 fully saturated rings. The second-order valence-corrected chi connectivity index (χ2v) is 4.34. The molecule has 1 aliphatic carbocycles. The summed E-state index contributed by atoms with van der Waals surface area (Å²) in [6.45, 7) is 0.887. The quantitative estimate of drug-likeness (QED) is 0.869. The number of aromatic nitrogens is 2. The third-order valence-corrected chi connectivity index (χ3v) is 3.28. The molecule has 0 spiro atoms. The van der Waals surface area contributed by atoms with Crippen LogP contribution in [0.15, 0.2) is 35.2 Å². The molecule has 0 bridgehead atoms. The van der Waals surface area contributed by atoms with Crippen LogP contribution in [-0.4, -0.2) is 16.7 Å². The summed E-state index contributed by atoms with van der Waals surface area (Å²) in [4.78, 5) is 4.01. The molecule has 4 nitrogen and oxygen atoms in total. The van der Waals surface area contributed by atoms with Gasteiger partial charge in [0.25, 0.3) is 0 Å². The number of nitrogens with zero attached hydrogens (tertiary/aromatic N) is 2. The fourth-order valence-electron chi connectivity index (χ4n) is 2.43. The van der Waals surface area contributed by atoms with Crippen LogP contribution in [0.2, 0.25) is 0 Å². The molecule has 0 amide bonds. The van der Waals surface area contributed by atoms with E-state index < -0.39 is 0 Å². The van der Waals surface area contributed by atoms with Crippen molar-refractivity contribution in [1.29, 1.82) is 0 Å². The summed E-state index contributed by atoms with van der Waals surface area (Å²) < 4.78 is 4.70. The number of rotatable bonds is 4. The van der Waals surface area contributed by atoms with Gasteiger partial charge in [0.2, 0.25) is 6.39 Å². The summed E-state index contributed by atoms with van der Waals surface area (Å²) in [5.74, 6) is 0.767. The van der Waals surface area contributed by atoms with Gasteiger partial charge in [0.15, 0.2) is 5.82 Å². The first-order valence-electron chi connectivity index (χ1n) is 6.00. The van der Waals surface area contributed by atoms with Crippen molar-refractivity contribution in [1.82, 2.24) is 15.5 Å². The van der Waals surface area contributed by atoms with Gasteiger partial charge in [-0.2, -0.15) is 4.98 Å². The smallest absolute Gasteiger partial charge is 0.213 e. The zero-order valence-electron chi connectivity index (χ0n) is 9.60. The molecular formula is C13H15N3O. The Morgan fingerprint density at radius 3 is 3.18 bits per heavy atom. The van der Waals surface area contributed by atoms with E-state index >= 15 is 0 Å². The lowest BCUT2D eigenvalue weighted by molar-refractivity contribution is 0.408. The SMILES string of the molecule is c1ccc2c(c1)CCC2NCCc1ncon1. The monoisotopic (exact) mass is 229 g/mol. The van der Waals surface area contributed by atoms with Crippen molar-refractivity contribution >= 4 is 0 Å². The van der Waals surface area contributed by atoms with Crippen molar-refractivity contribution in [2.24, 2.45) is 0 Å². The topological polar surface area (TPSA) is 51.0 Å². The van der Waals surface area contributed by atoms with Crippen LogP contribution in [0.4, 0.5) is 0 Å². The number of aryl methyl sites for hydroxylation is 1. The van der Waals surface area contributed by atoms with Gasteiger partial charge >= 0.3 is 0 Å². The lowest BCUT2D eigenvalue weighted by Crippen LogP contribution is -2.22. The lowest BCUT2D eigenvalue weighted by Gasteiger charge is -2.12. The molecule has 0 saturated carbocycles. The minimum absolute atomic E-state index is 0.484. The number of hydrogen-bond acceptors (Lipinski definition) is 4. The average molecular weight is 229 g/mol. The van der Waals surface area contributed by atoms with E-state index in [1.165, 1.54) is 30.4 Å². The second-order valence-electron chi connectivity index (χ2n) is 4.34. The average Bonchev–Trinajstić information content (AvgIpc) is 2.99. The zero-order chi connectivity index (χ0) is 11.5. The largest absolute Gasteiger partial charge is 0.343 e. The molecule has 1 atom stereocenters. The van der Waals surface area contributed by atoms with Crippen molar-refractivity contribution in [3.8, 4) is 0 Å². The fourth-order valence-corrected chi connectivity index (χ4v) is 2.43. The highest BCUT2D eigenvalue weighted by Crippen LogP contribution is 2.30. The highest BCUT2D eigenvalue weighted by Gasteiger charge is 2.20. The van der Waals surface area contributed by atoms with E-state index in [1.54, 1.807) is 0 Å². The Morgan fingerprint density at radius 1 is 1.35 bits per heavy atom.